The molecule has 2 N–H and O–H groups in total. The molecule has 162 valence electrons. The van der Waals surface area contributed by atoms with E-state index in [1.54, 1.807) is 24.3 Å². The minimum atomic E-state index is -0.365. The van der Waals surface area contributed by atoms with Crippen LogP contribution in [0.2, 0.25) is 0 Å². The van der Waals surface area contributed by atoms with Crippen LogP contribution in [0.4, 0.5) is 11.4 Å². The van der Waals surface area contributed by atoms with E-state index in [0.717, 1.165) is 16.7 Å². The average molecular weight is 447 g/mol. The molecule has 0 aliphatic carbocycles. The predicted molar refractivity (Wildman–Crippen MR) is 128 cm³/mol. The Bertz CT molecular complexity index is 1400. The van der Waals surface area contributed by atoms with E-state index in [4.69, 9.17) is 0 Å². The van der Waals surface area contributed by atoms with Gasteiger partial charge in [-0.15, -0.1) is 11.3 Å². The number of nitrogens with one attached hydrogen (secondary N) is 2. The van der Waals surface area contributed by atoms with Crippen LogP contribution in [0.5, 0.6) is 0 Å². The number of carbonyl (C=O) groups is 2. The maximum Gasteiger partial charge on any atom is 0.263 e. The summed E-state index contributed by atoms with van der Waals surface area (Å²) < 4.78 is 1.31. The molecule has 0 atom stereocenters. The van der Waals surface area contributed by atoms with Gasteiger partial charge < -0.3 is 10.6 Å². The van der Waals surface area contributed by atoms with Crippen LogP contribution < -0.4 is 16.2 Å². The molecule has 0 aliphatic heterocycles. The molecule has 0 radical (unpaired) electrons. The van der Waals surface area contributed by atoms with Crippen LogP contribution in [0.15, 0.2) is 59.0 Å². The van der Waals surface area contributed by atoms with E-state index in [2.05, 4.69) is 21.7 Å². The first kappa shape index (κ1) is 21.5. The van der Waals surface area contributed by atoms with Gasteiger partial charge in [0.05, 0.1) is 11.7 Å². The summed E-state index contributed by atoms with van der Waals surface area (Å²) in [5.74, 6) is -0.564. The molecule has 0 saturated carbocycles. The van der Waals surface area contributed by atoms with Gasteiger partial charge in [-0.3, -0.25) is 19.0 Å². The van der Waals surface area contributed by atoms with Crippen molar-refractivity contribution in [3.05, 3.63) is 75.7 Å². The van der Waals surface area contributed by atoms with E-state index in [1.165, 1.54) is 34.7 Å². The van der Waals surface area contributed by atoms with E-state index in [1.807, 2.05) is 31.4 Å². The number of hydrogen-bond donors (Lipinski definition) is 2. The van der Waals surface area contributed by atoms with Crippen molar-refractivity contribution in [2.24, 2.45) is 0 Å². The summed E-state index contributed by atoms with van der Waals surface area (Å²) in [6, 6.07) is 12.9. The molecular weight excluding hydrogens is 424 g/mol. The predicted octanol–water partition coefficient (Wildman–Crippen LogP) is 4.34. The van der Waals surface area contributed by atoms with Crippen molar-refractivity contribution in [2.45, 2.75) is 27.3 Å². The van der Waals surface area contributed by atoms with Gasteiger partial charge in [0.25, 0.3) is 5.56 Å². The third-order valence-electron chi connectivity index (χ3n) is 5.16. The first-order chi connectivity index (χ1) is 15.3. The Morgan fingerprint density at radius 2 is 1.78 bits per heavy atom. The smallest absolute Gasteiger partial charge is 0.263 e. The van der Waals surface area contributed by atoms with Gasteiger partial charge in [-0.2, -0.15) is 0 Å². The van der Waals surface area contributed by atoms with E-state index in [9.17, 15) is 14.4 Å². The molecular formula is C24H22N4O3S. The first-order valence-electron chi connectivity index (χ1n) is 10.0. The van der Waals surface area contributed by atoms with Crippen LogP contribution in [-0.2, 0) is 16.1 Å². The lowest BCUT2D eigenvalue weighted by atomic mass is 10.0. The third kappa shape index (κ3) is 4.45. The van der Waals surface area contributed by atoms with Crippen LogP contribution in [0.3, 0.4) is 0 Å². The molecule has 8 heteroatoms. The average Bonchev–Trinajstić information content (AvgIpc) is 3.17. The highest BCUT2D eigenvalue weighted by Crippen LogP contribution is 2.31. The van der Waals surface area contributed by atoms with Crippen molar-refractivity contribution < 1.29 is 9.59 Å². The fraction of sp³-hybridized carbons (Fsp3) is 0.167. The molecule has 2 aromatic carbocycles. The number of hydrogen-bond acceptors (Lipinski definition) is 5. The summed E-state index contributed by atoms with van der Waals surface area (Å²) in [6.45, 7) is 5.32. The van der Waals surface area contributed by atoms with Gasteiger partial charge in [-0.05, 0) is 48.7 Å². The van der Waals surface area contributed by atoms with Crippen LogP contribution in [0.25, 0.3) is 21.3 Å². The molecule has 32 heavy (non-hydrogen) atoms. The molecule has 0 aliphatic rings. The van der Waals surface area contributed by atoms with Crippen molar-refractivity contribution in [1.82, 2.24) is 9.55 Å². The van der Waals surface area contributed by atoms with Crippen LogP contribution >= 0.6 is 11.3 Å². The van der Waals surface area contributed by atoms with Crippen LogP contribution in [-0.4, -0.2) is 21.4 Å². The molecule has 4 rings (SSSR count). The Hall–Kier alpha value is -3.78. The molecule has 2 aromatic heterocycles. The number of fused-ring (bicyclic) bond motifs is 1. The SMILES string of the molecule is CC(=O)Nc1cccc(NC(=O)Cn2cnc3scc(-c4ccc(C)c(C)c4)c3c2=O)c1. The van der Waals surface area contributed by atoms with Gasteiger partial charge in [0.1, 0.15) is 11.4 Å². The number of rotatable bonds is 5. The second-order valence-corrected chi connectivity index (χ2v) is 8.47. The number of aryl methyl sites for hydroxylation is 2. The highest BCUT2D eigenvalue weighted by atomic mass is 32.1. The van der Waals surface area contributed by atoms with E-state index in [0.29, 0.717) is 21.6 Å². The monoisotopic (exact) mass is 446 g/mol. The standard InChI is InChI=1S/C24H22N4O3S/c1-14-7-8-17(9-15(14)2)20-12-32-23-22(20)24(31)28(13-25-23)11-21(30)27-19-6-4-5-18(10-19)26-16(3)29/h4-10,12-13H,11H2,1-3H3,(H,26,29)(H,27,30). The lowest BCUT2D eigenvalue weighted by Crippen LogP contribution is -2.27. The molecule has 0 unspecified atom stereocenters. The van der Waals surface area contributed by atoms with Crippen molar-refractivity contribution in [2.75, 3.05) is 10.6 Å². The second-order valence-electron chi connectivity index (χ2n) is 7.62. The molecule has 0 bridgehead atoms. The number of benzene rings is 2. The maximum atomic E-state index is 13.2. The molecule has 0 spiro atoms. The summed E-state index contributed by atoms with van der Waals surface area (Å²) in [5.41, 5.74) is 4.95. The Balaban J connectivity index is 1.61. The summed E-state index contributed by atoms with van der Waals surface area (Å²) in [4.78, 5) is 42.1. The molecule has 2 amide bonds. The normalized spacial score (nSPS) is 10.8. The van der Waals surface area contributed by atoms with Gasteiger partial charge in [-0.25, -0.2) is 4.98 Å². The Kier molecular flexibility index (Phi) is 5.87. The van der Waals surface area contributed by atoms with E-state index < -0.39 is 0 Å². The number of anilines is 2. The fourth-order valence-corrected chi connectivity index (χ4v) is 4.34. The molecule has 0 fully saturated rings. The molecule has 7 nitrogen and oxygen atoms in total. The highest BCUT2D eigenvalue weighted by Gasteiger charge is 2.15. The molecule has 2 heterocycles. The maximum absolute atomic E-state index is 13.2. The first-order valence-corrected chi connectivity index (χ1v) is 10.9. The summed E-state index contributed by atoms with van der Waals surface area (Å²) in [7, 11) is 0. The van der Waals surface area contributed by atoms with Crippen molar-refractivity contribution >= 4 is 44.7 Å². The van der Waals surface area contributed by atoms with Gasteiger partial charge in [0.15, 0.2) is 0 Å². The van der Waals surface area contributed by atoms with Gasteiger partial charge in [0, 0.05) is 29.2 Å². The van der Waals surface area contributed by atoms with Gasteiger partial charge >= 0.3 is 0 Å². The number of aromatic nitrogens is 2. The molecule has 4 aromatic rings. The number of nitrogens with zero attached hydrogens (tertiary/aromatic N) is 2. The minimum Gasteiger partial charge on any atom is -0.326 e. The van der Waals surface area contributed by atoms with Gasteiger partial charge in [0.2, 0.25) is 11.8 Å². The topological polar surface area (TPSA) is 93.1 Å². The largest absolute Gasteiger partial charge is 0.326 e. The van der Waals surface area contributed by atoms with Crippen molar-refractivity contribution in [3.63, 3.8) is 0 Å². The van der Waals surface area contributed by atoms with E-state index >= 15 is 0 Å². The number of thiophene rings is 1. The Morgan fingerprint density at radius 1 is 1.03 bits per heavy atom. The zero-order chi connectivity index (χ0) is 22.8. The summed E-state index contributed by atoms with van der Waals surface area (Å²) in [5, 5.41) is 7.87. The highest BCUT2D eigenvalue weighted by molar-refractivity contribution is 7.17. The fourth-order valence-electron chi connectivity index (χ4n) is 3.43. The Morgan fingerprint density at radius 3 is 2.50 bits per heavy atom. The number of amides is 2. The van der Waals surface area contributed by atoms with Crippen molar-refractivity contribution in [1.29, 1.82) is 0 Å². The lowest BCUT2D eigenvalue weighted by Gasteiger charge is -2.09. The third-order valence-corrected chi connectivity index (χ3v) is 6.05. The zero-order valence-electron chi connectivity index (χ0n) is 17.9. The summed E-state index contributed by atoms with van der Waals surface area (Å²) >= 11 is 1.41. The van der Waals surface area contributed by atoms with Crippen LogP contribution in [0, 0.1) is 13.8 Å². The summed E-state index contributed by atoms with van der Waals surface area (Å²) in [6.07, 6.45) is 1.40. The van der Waals surface area contributed by atoms with Gasteiger partial charge in [-0.1, -0.05) is 24.3 Å². The van der Waals surface area contributed by atoms with Crippen molar-refractivity contribution in [3.8, 4) is 11.1 Å². The quantitative estimate of drug-likeness (QED) is 0.477. The van der Waals surface area contributed by atoms with Crippen LogP contribution in [0.1, 0.15) is 18.1 Å². The Labute approximate surface area is 188 Å². The number of carbonyl (C=O) groups excluding carboxylic acids is 2. The minimum absolute atomic E-state index is 0.172. The molecule has 0 saturated heterocycles. The zero-order valence-corrected chi connectivity index (χ0v) is 18.7. The lowest BCUT2D eigenvalue weighted by molar-refractivity contribution is -0.117. The second kappa shape index (κ2) is 8.76. The van der Waals surface area contributed by atoms with E-state index in [-0.39, 0.29) is 23.9 Å².